The van der Waals surface area contributed by atoms with Crippen molar-refractivity contribution in [2.75, 3.05) is 81.7 Å². The Balaban J connectivity index is 0.000000161. The molecule has 6 atom stereocenters. The number of nitrogens with zero attached hydrogens (tertiary/aromatic N) is 5. The highest BCUT2D eigenvalue weighted by molar-refractivity contribution is 5.79. The fourth-order valence-corrected chi connectivity index (χ4v) is 8.52. The Morgan fingerprint density at radius 1 is 0.543 bits per heavy atom. The zero-order valence-corrected chi connectivity index (χ0v) is 40.7. The normalized spacial score (nSPS) is 19.3. The van der Waals surface area contributed by atoms with E-state index < -0.39 is 11.9 Å². The fourth-order valence-electron chi connectivity index (χ4n) is 8.52. The minimum atomic E-state index is -0.458. The largest absolute Gasteiger partial charge is 0.493 e. The number of halogens is 1. The Labute approximate surface area is 411 Å². The molecule has 0 saturated carbocycles. The quantitative estimate of drug-likeness (QED) is 0.124. The first kappa shape index (κ1) is 52.1. The van der Waals surface area contributed by atoms with Crippen molar-refractivity contribution in [3.63, 3.8) is 0 Å². The van der Waals surface area contributed by atoms with Crippen LogP contribution >= 0.6 is 0 Å². The number of hydrogen-bond donors (Lipinski definition) is 1. The van der Waals surface area contributed by atoms with Gasteiger partial charge in [-0.15, -0.1) is 0 Å². The maximum Gasteiger partial charge on any atom is 0.153 e. The molecule has 3 heterocycles. The molecule has 6 aromatic carbocycles. The summed E-state index contributed by atoms with van der Waals surface area (Å²) < 4.78 is 42.3. The van der Waals surface area contributed by atoms with Gasteiger partial charge in [-0.3, -0.25) is 4.79 Å². The van der Waals surface area contributed by atoms with Gasteiger partial charge in [0.1, 0.15) is 58.9 Å². The molecule has 0 bridgehead atoms. The summed E-state index contributed by atoms with van der Waals surface area (Å²) in [6.07, 6.45) is 0.166. The monoisotopic (exact) mass is 947 g/mol. The molecule has 70 heavy (non-hydrogen) atoms. The molecule has 0 unspecified atom stereocenters. The molecule has 9 rings (SSSR count). The number of fused-ring (bicyclic) bond motifs is 3. The highest BCUT2D eigenvalue weighted by Gasteiger charge is 2.35. The second-order valence-corrected chi connectivity index (χ2v) is 18.0. The first-order valence-corrected chi connectivity index (χ1v) is 23.2. The first-order chi connectivity index (χ1) is 33.9. The van der Waals surface area contributed by atoms with Gasteiger partial charge in [0.15, 0.2) is 6.29 Å². The smallest absolute Gasteiger partial charge is 0.153 e. The van der Waals surface area contributed by atoms with E-state index in [2.05, 4.69) is 20.8 Å². The standard InChI is InChI=1S/C19H20N2O2.C19H21NO3.C12H17NO2.C7H4FN/c1-21(2)12-15-13-22-18-10-6-4-8-16(18)19(15)23-17-9-5-3-7-14(17)11-20;1-20(2)11-15-13-22-18-10-6-4-8-16(18)19(15)23-17-9-5-3-7-14(17)12-21;1-13(2)7-9-8-15-11-6-4-3-5-10(11)12(9)14;8-7-4-2-1-3-6(7)5-9/h3-10,15,19H,12-13H2,1-2H3;3-10,12,15,19H,11,13H2,1-2H3;3-6,9,12,14H,7-8H2,1-2H3;1-4H/t2*15-,19-;9-,12-;/m111./s1. The number of carbonyl (C=O) groups is 1. The Kier molecular flexibility index (Phi) is 19.3. The number of nitriles is 2. The molecule has 13 heteroatoms. The van der Waals surface area contributed by atoms with E-state index in [0.29, 0.717) is 42.4 Å². The van der Waals surface area contributed by atoms with Crippen LogP contribution in [0.1, 0.15) is 56.5 Å². The van der Waals surface area contributed by atoms with Crippen molar-refractivity contribution in [1.29, 1.82) is 10.5 Å². The lowest BCUT2D eigenvalue weighted by Crippen LogP contribution is -2.36. The average molecular weight is 948 g/mol. The summed E-state index contributed by atoms with van der Waals surface area (Å²) in [7, 11) is 12.2. The number of aliphatic hydroxyl groups is 1. The Hall–Kier alpha value is -7.26. The summed E-state index contributed by atoms with van der Waals surface area (Å²) in [5.41, 5.74) is 4.21. The van der Waals surface area contributed by atoms with Crippen LogP contribution in [0.15, 0.2) is 146 Å². The maximum atomic E-state index is 12.4. The number of aliphatic hydroxyl groups excluding tert-OH is 1. The summed E-state index contributed by atoms with van der Waals surface area (Å²) in [4.78, 5) is 17.6. The first-order valence-electron chi connectivity index (χ1n) is 23.2. The summed E-state index contributed by atoms with van der Waals surface area (Å²) in [5, 5.41) is 27.7. The zero-order valence-electron chi connectivity index (χ0n) is 40.7. The minimum Gasteiger partial charge on any atom is -0.493 e. The third-order valence-corrected chi connectivity index (χ3v) is 11.7. The molecule has 0 fully saturated rings. The van der Waals surface area contributed by atoms with Crippen molar-refractivity contribution in [3.05, 3.63) is 185 Å². The number of aldehydes is 1. The van der Waals surface area contributed by atoms with Crippen LogP contribution in [0.3, 0.4) is 0 Å². The topological polar surface area (TPSA) is 141 Å². The molecule has 0 aromatic heterocycles. The van der Waals surface area contributed by atoms with E-state index in [9.17, 15) is 19.6 Å². The fraction of sp³-hybridized carbons (Fsp3) is 0.316. The van der Waals surface area contributed by atoms with E-state index >= 15 is 0 Å². The van der Waals surface area contributed by atoms with Gasteiger partial charge in [0.05, 0.1) is 42.6 Å². The van der Waals surface area contributed by atoms with Gasteiger partial charge in [-0.2, -0.15) is 10.5 Å². The van der Waals surface area contributed by atoms with Crippen LogP contribution in [-0.4, -0.2) is 108 Å². The predicted molar refractivity (Wildman–Crippen MR) is 268 cm³/mol. The summed E-state index contributed by atoms with van der Waals surface area (Å²) in [6, 6.07) is 48.1. The third kappa shape index (κ3) is 14.2. The predicted octanol–water partition coefficient (Wildman–Crippen LogP) is 9.43. The molecule has 364 valence electrons. The number of benzene rings is 6. The third-order valence-electron chi connectivity index (χ3n) is 11.7. The van der Waals surface area contributed by atoms with Crippen LogP contribution < -0.4 is 23.7 Å². The number of hydrogen-bond acceptors (Lipinski definition) is 12. The highest BCUT2D eigenvalue weighted by atomic mass is 19.1. The van der Waals surface area contributed by atoms with Gasteiger partial charge in [-0.25, -0.2) is 4.39 Å². The molecular formula is C57H62FN5O7. The van der Waals surface area contributed by atoms with Crippen LogP contribution in [0, 0.1) is 46.2 Å². The summed E-state index contributed by atoms with van der Waals surface area (Å²) >= 11 is 0. The van der Waals surface area contributed by atoms with Crippen molar-refractivity contribution in [2.45, 2.75) is 18.3 Å². The van der Waals surface area contributed by atoms with Gasteiger partial charge < -0.3 is 43.5 Å². The van der Waals surface area contributed by atoms with Crippen LogP contribution in [0.4, 0.5) is 4.39 Å². The van der Waals surface area contributed by atoms with Gasteiger partial charge in [0.2, 0.25) is 0 Å². The Bertz CT molecular complexity index is 2700. The molecule has 12 nitrogen and oxygen atoms in total. The van der Waals surface area contributed by atoms with Crippen molar-refractivity contribution in [2.24, 2.45) is 17.8 Å². The zero-order chi connectivity index (χ0) is 50.0. The second-order valence-electron chi connectivity index (χ2n) is 18.0. The van der Waals surface area contributed by atoms with E-state index in [1.807, 2.05) is 151 Å². The Morgan fingerprint density at radius 2 is 0.929 bits per heavy atom. The Morgan fingerprint density at radius 3 is 1.41 bits per heavy atom. The minimum absolute atomic E-state index is 0.0949. The van der Waals surface area contributed by atoms with E-state index in [-0.39, 0.29) is 35.5 Å². The molecule has 0 amide bonds. The molecule has 3 aliphatic heterocycles. The van der Waals surface area contributed by atoms with Gasteiger partial charge >= 0.3 is 0 Å². The lowest BCUT2D eigenvalue weighted by molar-refractivity contribution is 0.0369. The number of ether oxygens (including phenoxy) is 5. The van der Waals surface area contributed by atoms with Crippen molar-refractivity contribution < 1.29 is 38.0 Å². The van der Waals surface area contributed by atoms with Crippen molar-refractivity contribution in [1.82, 2.24) is 14.7 Å². The number of para-hydroxylation sites is 5. The van der Waals surface area contributed by atoms with Crippen LogP contribution in [0.25, 0.3) is 0 Å². The lowest BCUT2D eigenvalue weighted by atomic mass is 9.92. The van der Waals surface area contributed by atoms with Gasteiger partial charge in [0.25, 0.3) is 0 Å². The van der Waals surface area contributed by atoms with Crippen LogP contribution in [-0.2, 0) is 0 Å². The van der Waals surface area contributed by atoms with Crippen molar-refractivity contribution in [3.8, 4) is 40.9 Å². The van der Waals surface area contributed by atoms with Gasteiger partial charge in [-0.05, 0) is 96.9 Å². The van der Waals surface area contributed by atoms with E-state index in [4.69, 9.17) is 28.9 Å². The number of carbonyl (C=O) groups excluding carboxylic acids is 1. The highest BCUT2D eigenvalue weighted by Crippen LogP contribution is 2.41. The van der Waals surface area contributed by atoms with E-state index in [1.165, 1.54) is 12.1 Å². The summed E-state index contributed by atoms with van der Waals surface area (Å²) in [6.45, 7) is 4.35. The molecule has 6 aromatic rings. The molecule has 0 aliphatic carbocycles. The average Bonchev–Trinajstić information content (AvgIpc) is 3.37. The molecule has 0 spiro atoms. The van der Waals surface area contributed by atoms with Gasteiger partial charge in [0, 0.05) is 54.1 Å². The second kappa shape index (κ2) is 25.9. The SMILES string of the molecule is CN(C)C[C@@H]1COc2ccccc2[C@@H]1O.CN(C)C[C@@H]1COc2ccccc2[C@@H]1Oc1ccccc1C#N.CN(C)C[C@@H]1COc2ccccc2[C@@H]1Oc1ccccc1C=O.N#Cc1ccccc1F. The maximum absolute atomic E-state index is 12.4. The molecule has 1 N–H and O–H groups in total. The van der Waals surface area contributed by atoms with Crippen molar-refractivity contribution >= 4 is 6.29 Å². The van der Waals surface area contributed by atoms with E-state index in [0.717, 1.165) is 59.9 Å². The molecular weight excluding hydrogens is 886 g/mol. The molecule has 3 aliphatic rings. The molecule has 0 radical (unpaired) electrons. The van der Waals surface area contributed by atoms with Crippen LogP contribution in [0.2, 0.25) is 0 Å². The van der Waals surface area contributed by atoms with Crippen LogP contribution in [0.5, 0.6) is 28.7 Å². The summed E-state index contributed by atoms with van der Waals surface area (Å²) in [5.74, 6) is 3.88. The molecule has 0 saturated heterocycles. The van der Waals surface area contributed by atoms with Gasteiger partial charge in [-0.1, -0.05) is 91.0 Å². The lowest BCUT2D eigenvalue weighted by Gasteiger charge is -2.35. The van der Waals surface area contributed by atoms with E-state index in [1.54, 1.807) is 30.3 Å². The number of rotatable bonds is 11.